The van der Waals surface area contributed by atoms with Crippen LogP contribution < -0.4 is 15.5 Å². The van der Waals surface area contributed by atoms with Gasteiger partial charge in [-0.1, -0.05) is 6.92 Å². The van der Waals surface area contributed by atoms with Gasteiger partial charge in [-0.3, -0.25) is 0 Å². The van der Waals surface area contributed by atoms with Crippen LogP contribution in [-0.4, -0.2) is 49.4 Å². The number of hydrogen-bond acceptors (Lipinski definition) is 6. The highest BCUT2D eigenvalue weighted by molar-refractivity contribution is 5.67. The van der Waals surface area contributed by atoms with Crippen molar-refractivity contribution in [2.75, 3.05) is 37.5 Å². The zero-order chi connectivity index (χ0) is 14.5. The Hall–Kier alpha value is -2.05. The first-order valence-corrected chi connectivity index (χ1v) is 6.81. The molecule has 2 heterocycles. The molecule has 0 bridgehead atoms. The minimum absolute atomic E-state index is 0.0977. The fourth-order valence-corrected chi connectivity index (χ4v) is 2.24. The van der Waals surface area contributed by atoms with Crippen LogP contribution in [0.5, 0.6) is 0 Å². The molecule has 20 heavy (non-hydrogen) atoms. The molecule has 1 fully saturated rings. The molecule has 0 radical (unpaired) electrons. The molecule has 2 N–H and O–H groups in total. The lowest BCUT2D eigenvalue weighted by atomic mass is 10.3. The Labute approximate surface area is 118 Å². The first-order valence-electron chi connectivity index (χ1n) is 6.81. The summed E-state index contributed by atoms with van der Waals surface area (Å²) in [6.07, 6.45) is 1.29. The Balaban J connectivity index is 2.07. The molecule has 7 heteroatoms. The Morgan fingerprint density at radius 1 is 1.55 bits per heavy atom. The summed E-state index contributed by atoms with van der Waals surface area (Å²) in [6.45, 7) is 3.63. The quantitative estimate of drug-likeness (QED) is 0.856. The number of hydrogen-bond donors (Lipinski definition) is 2. The lowest BCUT2D eigenvalue weighted by molar-refractivity contribution is 0.167. The van der Waals surface area contributed by atoms with Gasteiger partial charge in [-0.2, -0.15) is 0 Å². The minimum Gasteiger partial charge on any atom is -0.453 e. The molecule has 1 aliphatic heterocycles. The van der Waals surface area contributed by atoms with Gasteiger partial charge in [0.1, 0.15) is 17.5 Å². The van der Waals surface area contributed by atoms with Crippen molar-refractivity contribution in [3.05, 3.63) is 11.9 Å². The molecule has 0 saturated carbocycles. The molecule has 1 unspecified atom stereocenters. The molecule has 1 aromatic rings. The predicted molar refractivity (Wildman–Crippen MR) is 77.1 cm³/mol. The van der Waals surface area contributed by atoms with Crippen molar-refractivity contribution < 1.29 is 9.53 Å². The summed E-state index contributed by atoms with van der Waals surface area (Å²) in [7, 11) is 3.22. The van der Waals surface area contributed by atoms with Gasteiger partial charge in [-0.05, 0) is 6.42 Å². The average Bonchev–Trinajstić information content (AvgIpc) is 2.94. The molecule has 1 atom stereocenters. The normalized spacial score (nSPS) is 17.9. The molecule has 1 saturated heterocycles. The van der Waals surface area contributed by atoms with Crippen molar-refractivity contribution in [2.24, 2.45) is 0 Å². The van der Waals surface area contributed by atoms with Crippen molar-refractivity contribution in [1.82, 2.24) is 15.3 Å². The monoisotopic (exact) mass is 279 g/mol. The number of amides is 1. The molecule has 1 aliphatic rings. The van der Waals surface area contributed by atoms with Gasteiger partial charge >= 0.3 is 6.09 Å². The zero-order valence-corrected chi connectivity index (χ0v) is 12.1. The Bertz CT molecular complexity index is 458. The number of nitrogens with zero attached hydrogens (tertiary/aromatic N) is 3. The number of alkyl carbamates (subject to hydrolysis) is 1. The number of nitrogens with one attached hydrogen (secondary N) is 2. The van der Waals surface area contributed by atoms with Crippen LogP contribution in [0.2, 0.25) is 0 Å². The van der Waals surface area contributed by atoms with E-state index in [0.29, 0.717) is 0 Å². The van der Waals surface area contributed by atoms with E-state index in [-0.39, 0.29) is 12.1 Å². The van der Waals surface area contributed by atoms with Crippen molar-refractivity contribution in [2.45, 2.75) is 25.8 Å². The van der Waals surface area contributed by atoms with Gasteiger partial charge in [0.25, 0.3) is 0 Å². The molecule has 7 nitrogen and oxygen atoms in total. The highest BCUT2D eigenvalue weighted by Gasteiger charge is 2.25. The van der Waals surface area contributed by atoms with Crippen LogP contribution in [-0.2, 0) is 11.2 Å². The Kier molecular flexibility index (Phi) is 4.60. The molecule has 2 rings (SSSR count). The number of anilines is 2. The first kappa shape index (κ1) is 14.4. The summed E-state index contributed by atoms with van der Waals surface area (Å²) in [4.78, 5) is 22.3. The second kappa shape index (κ2) is 6.40. The highest BCUT2D eigenvalue weighted by Crippen LogP contribution is 2.21. The maximum Gasteiger partial charge on any atom is 0.407 e. The second-order valence-corrected chi connectivity index (χ2v) is 4.70. The largest absolute Gasteiger partial charge is 0.453 e. The van der Waals surface area contributed by atoms with Crippen LogP contribution in [0, 0.1) is 0 Å². The lowest BCUT2D eigenvalue weighted by Gasteiger charge is -2.19. The van der Waals surface area contributed by atoms with E-state index in [1.54, 1.807) is 0 Å². The summed E-state index contributed by atoms with van der Waals surface area (Å²) >= 11 is 0. The average molecular weight is 279 g/mol. The van der Waals surface area contributed by atoms with Crippen molar-refractivity contribution in [3.63, 3.8) is 0 Å². The lowest BCUT2D eigenvalue weighted by Crippen LogP contribution is -2.37. The number of carbonyl (C=O) groups excluding carboxylic acids is 1. The zero-order valence-electron chi connectivity index (χ0n) is 12.1. The Morgan fingerprint density at radius 3 is 3.00 bits per heavy atom. The van der Waals surface area contributed by atoms with E-state index in [0.717, 1.165) is 43.4 Å². The van der Waals surface area contributed by atoms with Crippen LogP contribution in [0.15, 0.2) is 6.07 Å². The SMILES string of the molecule is CCc1nc(NC)cc(N2CCC(NC(=O)OC)C2)n1. The van der Waals surface area contributed by atoms with Gasteiger partial charge in [-0.15, -0.1) is 0 Å². The standard InChI is InChI=1S/C13H21N5O2/c1-4-10-16-11(14-2)7-12(17-10)18-6-5-9(8-18)15-13(19)20-3/h7,9H,4-6,8H2,1-3H3,(H,15,19)(H,14,16,17). The molecular formula is C13H21N5O2. The molecule has 110 valence electrons. The van der Waals surface area contributed by atoms with Crippen LogP contribution in [0.1, 0.15) is 19.2 Å². The van der Waals surface area contributed by atoms with Crippen LogP contribution in [0.4, 0.5) is 16.4 Å². The first-order chi connectivity index (χ1) is 9.66. The van der Waals surface area contributed by atoms with Gasteiger partial charge < -0.3 is 20.3 Å². The summed E-state index contributed by atoms with van der Waals surface area (Å²) in [5, 5.41) is 5.87. The van der Waals surface area contributed by atoms with E-state index in [1.807, 2.05) is 20.0 Å². The van der Waals surface area contributed by atoms with Crippen LogP contribution in [0.25, 0.3) is 0 Å². The van der Waals surface area contributed by atoms with Gasteiger partial charge in [0, 0.05) is 32.6 Å². The van der Waals surface area contributed by atoms with Gasteiger partial charge in [-0.25, -0.2) is 14.8 Å². The third-order valence-electron chi connectivity index (χ3n) is 3.35. The van der Waals surface area contributed by atoms with Gasteiger partial charge in [0.2, 0.25) is 0 Å². The molecule has 0 aliphatic carbocycles. The number of aromatic nitrogens is 2. The van der Waals surface area contributed by atoms with E-state index < -0.39 is 0 Å². The molecule has 0 spiro atoms. The van der Waals surface area contributed by atoms with Gasteiger partial charge in [0.05, 0.1) is 13.2 Å². The molecule has 1 aromatic heterocycles. The summed E-state index contributed by atoms with van der Waals surface area (Å²) in [5.74, 6) is 2.53. The van der Waals surface area contributed by atoms with Crippen molar-refractivity contribution >= 4 is 17.7 Å². The van der Waals surface area contributed by atoms with Gasteiger partial charge in [0.15, 0.2) is 0 Å². The molecular weight excluding hydrogens is 258 g/mol. The predicted octanol–water partition coefficient (Wildman–Crippen LogP) is 1.02. The fraction of sp³-hybridized carbons (Fsp3) is 0.615. The molecule has 1 amide bonds. The van der Waals surface area contributed by atoms with E-state index in [4.69, 9.17) is 0 Å². The smallest absolute Gasteiger partial charge is 0.407 e. The summed E-state index contributed by atoms with van der Waals surface area (Å²) in [5.41, 5.74) is 0. The number of ether oxygens (including phenoxy) is 1. The summed E-state index contributed by atoms with van der Waals surface area (Å²) in [6, 6.07) is 2.03. The Morgan fingerprint density at radius 2 is 2.35 bits per heavy atom. The topological polar surface area (TPSA) is 79.4 Å². The van der Waals surface area contributed by atoms with E-state index in [9.17, 15) is 4.79 Å². The fourth-order valence-electron chi connectivity index (χ4n) is 2.24. The minimum atomic E-state index is -0.385. The highest BCUT2D eigenvalue weighted by atomic mass is 16.5. The van der Waals surface area contributed by atoms with E-state index >= 15 is 0 Å². The second-order valence-electron chi connectivity index (χ2n) is 4.70. The van der Waals surface area contributed by atoms with Crippen molar-refractivity contribution in [3.8, 4) is 0 Å². The van der Waals surface area contributed by atoms with Crippen LogP contribution in [0.3, 0.4) is 0 Å². The van der Waals surface area contributed by atoms with Crippen molar-refractivity contribution in [1.29, 1.82) is 0 Å². The maximum absolute atomic E-state index is 11.2. The maximum atomic E-state index is 11.2. The number of methoxy groups -OCH3 is 1. The third-order valence-corrected chi connectivity index (χ3v) is 3.35. The van der Waals surface area contributed by atoms with Crippen LogP contribution >= 0.6 is 0 Å². The van der Waals surface area contributed by atoms with E-state index in [1.165, 1.54) is 7.11 Å². The number of carbonyl (C=O) groups is 1. The summed E-state index contributed by atoms with van der Waals surface area (Å²) < 4.78 is 4.62. The molecule has 0 aromatic carbocycles. The number of aryl methyl sites for hydroxylation is 1. The third kappa shape index (κ3) is 3.28. The number of rotatable bonds is 4. The van der Waals surface area contributed by atoms with E-state index in [2.05, 4.69) is 30.2 Å².